The van der Waals surface area contributed by atoms with Crippen molar-refractivity contribution in [1.29, 1.82) is 0 Å². The van der Waals surface area contributed by atoms with Crippen molar-refractivity contribution in [2.75, 3.05) is 6.54 Å². The van der Waals surface area contributed by atoms with Crippen molar-refractivity contribution in [3.63, 3.8) is 0 Å². The van der Waals surface area contributed by atoms with E-state index in [0.717, 1.165) is 21.6 Å². The van der Waals surface area contributed by atoms with Crippen LogP contribution in [0.2, 0.25) is 0 Å². The van der Waals surface area contributed by atoms with Gasteiger partial charge in [0.15, 0.2) is 0 Å². The lowest BCUT2D eigenvalue weighted by Crippen LogP contribution is -2.34. The topological polar surface area (TPSA) is 68.0 Å². The Morgan fingerprint density at radius 1 is 1.50 bits per heavy atom. The summed E-state index contributed by atoms with van der Waals surface area (Å²) in [6, 6.07) is 7.97. The average Bonchev–Trinajstić information content (AvgIpc) is 2.80. The van der Waals surface area contributed by atoms with E-state index in [0.29, 0.717) is 13.1 Å². The number of para-hydroxylation sites is 1. The summed E-state index contributed by atoms with van der Waals surface area (Å²) in [5.74, 6) is -0.0846. The SMILES string of the molecule is CCC(CN)C(=O)NCc1nc2ccccc2s1. The average molecular weight is 263 g/mol. The second-order valence-electron chi connectivity index (χ2n) is 4.13. The molecule has 0 saturated carbocycles. The number of thiazole rings is 1. The zero-order chi connectivity index (χ0) is 13.0. The molecule has 1 unspecified atom stereocenters. The van der Waals surface area contributed by atoms with Gasteiger partial charge in [-0.15, -0.1) is 11.3 Å². The van der Waals surface area contributed by atoms with Gasteiger partial charge in [-0.2, -0.15) is 0 Å². The van der Waals surface area contributed by atoms with Crippen molar-refractivity contribution in [2.24, 2.45) is 11.7 Å². The fourth-order valence-electron chi connectivity index (χ4n) is 1.76. The minimum Gasteiger partial charge on any atom is -0.349 e. The molecular formula is C13H17N3OS. The molecule has 1 aromatic carbocycles. The smallest absolute Gasteiger partial charge is 0.224 e. The summed E-state index contributed by atoms with van der Waals surface area (Å²) in [5.41, 5.74) is 6.52. The van der Waals surface area contributed by atoms with Gasteiger partial charge in [-0.05, 0) is 18.6 Å². The van der Waals surface area contributed by atoms with E-state index in [-0.39, 0.29) is 11.8 Å². The van der Waals surface area contributed by atoms with Crippen molar-refractivity contribution in [2.45, 2.75) is 19.9 Å². The zero-order valence-electron chi connectivity index (χ0n) is 10.3. The first-order chi connectivity index (χ1) is 8.74. The molecular weight excluding hydrogens is 246 g/mol. The van der Waals surface area contributed by atoms with Gasteiger partial charge in [0.2, 0.25) is 5.91 Å². The normalized spacial score (nSPS) is 12.6. The number of hydrogen-bond acceptors (Lipinski definition) is 4. The maximum atomic E-state index is 11.8. The highest BCUT2D eigenvalue weighted by Crippen LogP contribution is 2.21. The van der Waals surface area contributed by atoms with Gasteiger partial charge in [0, 0.05) is 12.5 Å². The number of rotatable bonds is 5. The summed E-state index contributed by atoms with van der Waals surface area (Å²) in [6.07, 6.45) is 0.766. The predicted molar refractivity (Wildman–Crippen MR) is 74.3 cm³/mol. The zero-order valence-corrected chi connectivity index (χ0v) is 11.2. The first-order valence-electron chi connectivity index (χ1n) is 6.06. The number of nitrogens with one attached hydrogen (secondary N) is 1. The fraction of sp³-hybridized carbons (Fsp3) is 0.385. The second-order valence-corrected chi connectivity index (χ2v) is 5.25. The van der Waals surface area contributed by atoms with E-state index in [4.69, 9.17) is 5.73 Å². The molecule has 18 heavy (non-hydrogen) atoms. The van der Waals surface area contributed by atoms with Gasteiger partial charge in [0.05, 0.1) is 16.8 Å². The molecule has 4 nitrogen and oxygen atoms in total. The van der Waals surface area contributed by atoms with E-state index in [9.17, 15) is 4.79 Å². The van der Waals surface area contributed by atoms with Crippen LogP contribution in [0.1, 0.15) is 18.4 Å². The quantitative estimate of drug-likeness (QED) is 0.865. The monoisotopic (exact) mass is 263 g/mol. The molecule has 1 atom stereocenters. The molecule has 0 bridgehead atoms. The highest BCUT2D eigenvalue weighted by atomic mass is 32.1. The Kier molecular flexibility index (Phi) is 4.28. The summed E-state index contributed by atoms with van der Waals surface area (Å²) < 4.78 is 1.15. The summed E-state index contributed by atoms with van der Waals surface area (Å²) in [5, 5.41) is 3.82. The van der Waals surface area contributed by atoms with Crippen LogP contribution in [0.4, 0.5) is 0 Å². The molecule has 0 aliphatic rings. The highest BCUT2D eigenvalue weighted by Gasteiger charge is 2.14. The van der Waals surface area contributed by atoms with E-state index in [1.165, 1.54) is 0 Å². The van der Waals surface area contributed by atoms with E-state index >= 15 is 0 Å². The minimum absolute atomic E-state index is 0.0132. The summed E-state index contributed by atoms with van der Waals surface area (Å²) in [6.45, 7) is 2.84. The number of carbonyl (C=O) groups is 1. The van der Waals surface area contributed by atoms with E-state index in [1.54, 1.807) is 11.3 Å². The Bertz CT molecular complexity index is 501. The molecule has 2 rings (SSSR count). The molecule has 1 amide bonds. The van der Waals surface area contributed by atoms with Crippen LogP contribution < -0.4 is 11.1 Å². The minimum atomic E-state index is -0.0978. The molecule has 2 aromatic rings. The number of benzene rings is 1. The molecule has 0 aliphatic heterocycles. The van der Waals surface area contributed by atoms with Gasteiger partial charge < -0.3 is 11.1 Å². The van der Waals surface area contributed by atoms with Crippen LogP contribution in [0.15, 0.2) is 24.3 Å². The van der Waals surface area contributed by atoms with Crippen molar-refractivity contribution in [1.82, 2.24) is 10.3 Å². The molecule has 0 spiro atoms. The van der Waals surface area contributed by atoms with E-state index < -0.39 is 0 Å². The first-order valence-corrected chi connectivity index (χ1v) is 6.88. The number of nitrogens with zero attached hydrogens (tertiary/aromatic N) is 1. The van der Waals surface area contributed by atoms with E-state index in [1.807, 2.05) is 31.2 Å². The number of amides is 1. The summed E-state index contributed by atoms with van der Waals surface area (Å²) in [4.78, 5) is 16.2. The third kappa shape index (κ3) is 2.86. The van der Waals surface area contributed by atoms with Gasteiger partial charge in [0.1, 0.15) is 5.01 Å². The Morgan fingerprint density at radius 2 is 2.28 bits per heavy atom. The van der Waals surface area contributed by atoms with Crippen molar-refractivity contribution < 1.29 is 4.79 Å². The number of aromatic nitrogens is 1. The van der Waals surface area contributed by atoms with Crippen LogP contribution in [0, 0.1) is 5.92 Å². The third-order valence-corrected chi connectivity index (χ3v) is 3.94. The number of fused-ring (bicyclic) bond motifs is 1. The van der Waals surface area contributed by atoms with Crippen LogP contribution in [0.3, 0.4) is 0 Å². The van der Waals surface area contributed by atoms with Crippen LogP contribution in [0.25, 0.3) is 10.2 Å². The molecule has 96 valence electrons. The van der Waals surface area contributed by atoms with Crippen LogP contribution in [0.5, 0.6) is 0 Å². The van der Waals surface area contributed by atoms with Crippen LogP contribution in [-0.4, -0.2) is 17.4 Å². The van der Waals surface area contributed by atoms with Crippen molar-refractivity contribution in [3.05, 3.63) is 29.3 Å². The van der Waals surface area contributed by atoms with Gasteiger partial charge in [-0.3, -0.25) is 4.79 Å². The number of carbonyl (C=O) groups excluding carboxylic acids is 1. The summed E-state index contributed by atoms with van der Waals surface area (Å²) >= 11 is 1.61. The molecule has 1 heterocycles. The maximum absolute atomic E-state index is 11.8. The maximum Gasteiger partial charge on any atom is 0.224 e. The lowest BCUT2D eigenvalue weighted by molar-refractivity contribution is -0.124. The lowest BCUT2D eigenvalue weighted by atomic mass is 10.1. The van der Waals surface area contributed by atoms with Gasteiger partial charge in [0.25, 0.3) is 0 Å². The van der Waals surface area contributed by atoms with Crippen LogP contribution in [-0.2, 0) is 11.3 Å². The molecule has 0 saturated heterocycles. The first kappa shape index (κ1) is 13.0. The van der Waals surface area contributed by atoms with Crippen molar-refractivity contribution in [3.8, 4) is 0 Å². The fourth-order valence-corrected chi connectivity index (χ4v) is 2.67. The Labute approximate surface area is 110 Å². The second kappa shape index (κ2) is 5.93. The predicted octanol–water partition coefficient (Wildman–Crippen LogP) is 1.90. The van der Waals surface area contributed by atoms with E-state index in [2.05, 4.69) is 10.3 Å². The Balaban J connectivity index is 1.99. The highest BCUT2D eigenvalue weighted by molar-refractivity contribution is 7.18. The molecule has 5 heteroatoms. The molecule has 0 fully saturated rings. The molecule has 0 aliphatic carbocycles. The number of nitrogens with two attached hydrogens (primary N) is 1. The lowest BCUT2D eigenvalue weighted by Gasteiger charge is -2.11. The van der Waals surface area contributed by atoms with Crippen LogP contribution >= 0.6 is 11.3 Å². The van der Waals surface area contributed by atoms with Gasteiger partial charge in [-0.25, -0.2) is 4.98 Å². The molecule has 0 radical (unpaired) electrons. The van der Waals surface area contributed by atoms with Gasteiger partial charge in [-0.1, -0.05) is 19.1 Å². The summed E-state index contributed by atoms with van der Waals surface area (Å²) in [7, 11) is 0. The Morgan fingerprint density at radius 3 is 2.94 bits per heavy atom. The van der Waals surface area contributed by atoms with Crippen molar-refractivity contribution >= 4 is 27.5 Å². The number of hydrogen-bond donors (Lipinski definition) is 2. The largest absolute Gasteiger partial charge is 0.349 e. The van der Waals surface area contributed by atoms with Gasteiger partial charge >= 0.3 is 0 Å². The molecule has 1 aromatic heterocycles. The molecule has 3 N–H and O–H groups in total. The standard InChI is InChI=1S/C13H17N3OS/c1-2-9(7-14)13(17)15-8-12-16-10-5-3-4-6-11(10)18-12/h3-6,9H,2,7-8,14H2,1H3,(H,15,17). The third-order valence-electron chi connectivity index (χ3n) is 2.90. The Hall–Kier alpha value is -1.46.